The van der Waals surface area contributed by atoms with Crippen molar-refractivity contribution in [1.82, 2.24) is 4.98 Å². The summed E-state index contributed by atoms with van der Waals surface area (Å²) in [6.45, 7) is 1.63. The molecule has 6 nitrogen and oxygen atoms in total. The maximum atomic E-state index is 12.4. The quantitative estimate of drug-likeness (QED) is 0.699. The number of ketones is 1. The second-order valence-electron chi connectivity index (χ2n) is 6.22. The lowest BCUT2D eigenvalue weighted by Crippen LogP contribution is -2.56. The van der Waals surface area contributed by atoms with E-state index in [-0.39, 0.29) is 18.6 Å². The van der Waals surface area contributed by atoms with Crippen molar-refractivity contribution in [3.8, 4) is 10.6 Å². The number of hydrogen-bond acceptors (Lipinski definition) is 7. The van der Waals surface area contributed by atoms with Crippen molar-refractivity contribution in [2.45, 2.75) is 50.3 Å². The Balaban J connectivity index is 1.61. The van der Waals surface area contributed by atoms with E-state index in [1.165, 1.54) is 11.3 Å². The van der Waals surface area contributed by atoms with Gasteiger partial charge in [0.2, 0.25) is 0 Å². The highest BCUT2D eigenvalue weighted by atomic mass is 32.1. The molecule has 134 valence electrons. The molecule has 1 aliphatic heterocycles. The van der Waals surface area contributed by atoms with Crippen LogP contribution in [0.5, 0.6) is 0 Å². The van der Waals surface area contributed by atoms with Crippen LogP contribution in [0, 0.1) is 0 Å². The van der Waals surface area contributed by atoms with Gasteiger partial charge in [-0.15, -0.1) is 11.3 Å². The summed E-state index contributed by atoms with van der Waals surface area (Å²) >= 11 is 1.41. The maximum absolute atomic E-state index is 12.4. The highest BCUT2D eigenvalue weighted by Gasteiger charge is 2.41. The van der Waals surface area contributed by atoms with Gasteiger partial charge >= 0.3 is 0 Å². The van der Waals surface area contributed by atoms with Gasteiger partial charge in [-0.25, -0.2) is 4.98 Å². The summed E-state index contributed by atoms with van der Waals surface area (Å²) in [4.78, 5) is 16.7. The number of aromatic nitrogens is 1. The van der Waals surface area contributed by atoms with E-state index in [0.717, 1.165) is 10.6 Å². The highest BCUT2D eigenvalue weighted by Crippen LogP contribution is 2.26. The molecule has 0 amide bonds. The van der Waals surface area contributed by atoms with Gasteiger partial charge in [-0.1, -0.05) is 30.3 Å². The van der Waals surface area contributed by atoms with Crippen LogP contribution in [0.1, 0.15) is 30.3 Å². The zero-order chi connectivity index (χ0) is 18.0. The number of rotatable bonds is 5. The number of Topliss-reactive ketones (excluding diaryl/α,β-unsaturated/α-hetero) is 1. The van der Waals surface area contributed by atoms with Crippen LogP contribution in [0.25, 0.3) is 10.6 Å². The minimum absolute atomic E-state index is 0.137. The van der Waals surface area contributed by atoms with Crippen molar-refractivity contribution in [3.63, 3.8) is 0 Å². The molecular weight excluding hydrogens is 342 g/mol. The molecule has 0 saturated carbocycles. The van der Waals surface area contributed by atoms with Crippen LogP contribution in [-0.4, -0.2) is 56.6 Å². The van der Waals surface area contributed by atoms with Gasteiger partial charge in [-0.3, -0.25) is 4.79 Å². The Bertz CT molecular complexity index is 719. The first-order valence-electron chi connectivity index (χ1n) is 8.21. The van der Waals surface area contributed by atoms with Gasteiger partial charge in [-0.2, -0.15) is 0 Å². The van der Waals surface area contributed by atoms with Gasteiger partial charge in [0.25, 0.3) is 0 Å². The minimum Gasteiger partial charge on any atom is -0.388 e. The summed E-state index contributed by atoms with van der Waals surface area (Å²) in [6, 6.07) is 9.63. The monoisotopic (exact) mass is 363 g/mol. The molecule has 2 heterocycles. The molecule has 1 fully saturated rings. The number of carbonyl (C=O) groups excluding carboxylic acids is 1. The molecule has 1 saturated heterocycles. The Morgan fingerprint density at radius 3 is 2.60 bits per heavy atom. The molecule has 0 aliphatic carbocycles. The van der Waals surface area contributed by atoms with Crippen molar-refractivity contribution in [2.75, 3.05) is 0 Å². The van der Waals surface area contributed by atoms with Gasteiger partial charge < -0.3 is 20.1 Å². The van der Waals surface area contributed by atoms with E-state index >= 15 is 0 Å². The number of aliphatic hydroxyl groups is 3. The van der Waals surface area contributed by atoms with Crippen molar-refractivity contribution >= 4 is 17.1 Å². The molecule has 0 bridgehead atoms. The molecule has 5 atom stereocenters. The fraction of sp³-hybridized carbons (Fsp3) is 0.444. The molecule has 1 aromatic carbocycles. The Morgan fingerprint density at radius 2 is 1.88 bits per heavy atom. The topological polar surface area (TPSA) is 99.9 Å². The van der Waals surface area contributed by atoms with Gasteiger partial charge in [0.1, 0.15) is 29.0 Å². The number of ether oxygens (including phenoxy) is 1. The predicted molar refractivity (Wildman–Crippen MR) is 93.5 cm³/mol. The number of benzene rings is 1. The Morgan fingerprint density at radius 1 is 1.16 bits per heavy atom. The number of carbonyl (C=O) groups is 1. The van der Waals surface area contributed by atoms with Crippen LogP contribution < -0.4 is 0 Å². The van der Waals surface area contributed by atoms with Gasteiger partial charge in [0, 0.05) is 17.4 Å². The molecule has 1 aliphatic rings. The molecular formula is C18H21NO5S. The molecule has 0 spiro atoms. The number of hydrogen-bond donors (Lipinski definition) is 3. The Labute approximate surface area is 149 Å². The first kappa shape index (κ1) is 18.2. The number of nitrogens with zero attached hydrogens (tertiary/aromatic N) is 1. The molecule has 0 radical (unpaired) electrons. The zero-order valence-corrected chi connectivity index (χ0v) is 14.6. The van der Waals surface area contributed by atoms with E-state index < -0.39 is 30.5 Å². The SMILES string of the molecule is CC1O[C@H](CCC(=O)c2csc(-c3ccccc3)n2)C(O)[C@@H](O)[C@@H]1O. The first-order chi connectivity index (χ1) is 12.0. The van der Waals surface area contributed by atoms with Crippen molar-refractivity contribution in [1.29, 1.82) is 0 Å². The van der Waals surface area contributed by atoms with Crippen LogP contribution in [0.4, 0.5) is 0 Å². The third-order valence-corrected chi connectivity index (χ3v) is 5.31. The van der Waals surface area contributed by atoms with Crippen LogP contribution in [0.15, 0.2) is 35.7 Å². The smallest absolute Gasteiger partial charge is 0.182 e. The highest BCUT2D eigenvalue weighted by molar-refractivity contribution is 7.13. The van der Waals surface area contributed by atoms with Crippen LogP contribution in [0.3, 0.4) is 0 Å². The maximum Gasteiger partial charge on any atom is 0.182 e. The normalized spacial score (nSPS) is 29.5. The lowest BCUT2D eigenvalue weighted by atomic mass is 9.92. The summed E-state index contributed by atoms with van der Waals surface area (Å²) < 4.78 is 5.51. The minimum atomic E-state index is -1.27. The van der Waals surface area contributed by atoms with Gasteiger partial charge in [0.15, 0.2) is 5.78 Å². The van der Waals surface area contributed by atoms with Crippen LogP contribution in [0.2, 0.25) is 0 Å². The fourth-order valence-corrected chi connectivity index (χ4v) is 3.72. The lowest BCUT2D eigenvalue weighted by molar-refractivity contribution is -0.217. The third-order valence-electron chi connectivity index (χ3n) is 4.42. The summed E-state index contributed by atoms with van der Waals surface area (Å²) in [7, 11) is 0. The molecule has 1 aromatic heterocycles. The van der Waals surface area contributed by atoms with E-state index in [0.29, 0.717) is 5.69 Å². The van der Waals surface area contributed by atoms with Crippen molar-refractivity contribution < 1.29 is 24.9 Å². The average molecular weight is 363 g/mol. The molecule has 3 N–H and O–H groups in total. The fourth-order valence-electron chi connectivity index (χ4n) is 2.89. The lowest BCUT2D eigenvalue weighted by Gasteiger charge is -2.39. The second-order valence-corrected chi connectivity index (χ2v) is 7.08. The summed E-state index contributed by atoms with van der Waals surface area (Å²) in [5.41, 5.74) is 1.35. The third kappa shape index (κ3) is 3.96. The number of aliphatic hydroxyl groups excluding tert-OH is 3. The standard InChI is InChI=1S/C18H21NO5S/c1-10-15(21)17(23)16(22)14(24-10)8-7-13(20)12-9-25-18(19-12)11-5-3-2-4-6-11/h2-6,9-10,14-17,21-23H,7-8H2,1H3/t10?,14-,15-,16?,17+/m1/s1. The first-order valence-corrected chi connectivity index (χ1v) is 9.09. The molecule has 25 heavy (non-hydrogen) atoms. The molecule has 3 rings (SSSR count). The largest absolute Gasteiger partial charge is 0.388 e. The summed E-state index contributed by atoms with van der Waals surface area (Å²) in [5, 5.41) is 32.0. The molecule has 2 aromatic rings. The van der Waals surface area contributed by atoms with Gasteiger partial charge in [0.05, 0.1) is 12.2 Å². The van der Waals surface area contributed by atoms with E-state index in [2.05, 4.69) is 4.98 Å². The second kappa shape index (κ2) is 7.72. The van der Waals surface area contributed by atoms with Crippen LogP contribution >= 0.6 is 11.3 Å². The van der Waals surface area contributed by atoms with Crippen LogP contribution in [-0.2, 0) is 4.74 Å². The van der Waals surface area contributed by atoms with Crippen molar-refractivity contribution in [3.05, 3.63) is 41.4 Å². The Kier molecular flexibility index (Phi) is 5.61. The van der Waals surface area contributed by atoms with E-state index in [1.54, 1.807) is 12.3 Å². The average Bonchev–Trinajstić information content (AvgIpc) is 3.12. The predicted octanol–water partition coefficient (Wildman–Crippen LogP) is 1.64. The van der Waals surface area contributed by atoms with E-state index in [1.807, 2.05) is 30.3 Å². The summed E-state index contributed by atoms with van der Waals surface area (Å²) in [5.74, 6) is -0.137. The summed E-state index contributed by atoms with van der Waals surface area (Å²) in [6.07, 6.45) is -4.50. The van der Waals surface area contributed by atoms with Gasteiger partial charge in [-0.05, 0) is 13.3 Å². The van der Waals surface area contributed by atoms with Crippen molar-refractivity contribution in [2.24, 2.45) is 0 Å². The van der Waals surface area contributed by atoms with E-state index in [9.17, 15) is 20.1 Å². The Hall–Kier alpha value is -1.64. The molecule has 2 unspecified atom stereocenters. The number of thiazole rings is 1. The molecule has 7 heteroatoms. The van der Waals surface area contributed by atoms with E-state index in [4.69, 9.17) is 4.74 Å². The zero-order valence-electron chi connectivity index (χ0n) is 13.8.